The first kappa shape index (κ1) is 19.2. The molecule has 0 unspecified atom stereocenters. The molecule has 0 atom stereocenters. The highest BCUT2D eigenvalue weighted by Crippen LogP contribution is 2.06. The predicted octanol–water partition coefficient (Wildman–Crippen LogP) is 2.66. The monoisotopic (exact) mass is 329 g/mol. The van der Waals surface area contributed by atoms with Crippen molar-refractivity contribution in [3.05, 3.63) is 77.3 Å². The fraction of sp³-hybridized carbons (Fsp3) is 0.222. The number of allylic oxidation sites excluding steroid dienone is 3. The largest absolute Gasteiger partial charge is 0.508 e. The van der Waals surface area contributed by atoms with Gasteiger partial charge in [0.2, 0.25) is 0 Å². The zero-order chi connectivity index (χ0) is 17.8. The molecule has 2 rings (SSSR count). The van der Waals surface area contributed by atoms with Crippen molar-refractivity contribution < 1.29 is 15.1 Å². The summed E-state index contributed by atoms with van der Waals surface area (Å²) in [5.74, 6) is -0.0543. The summed E-state index contributed by atoms with van der Waals surface area (Å²) in [6, 6.07) is 10.3. The Labute approximate surface area is 141 Å². The fourth-order valence-corrected chi connectivity index (χ4v) is 1.86. The van der Waals surface area contributed by atoms with E-state index in [2.05, 4.69) is 22.5 Å². The molecule has 1 aromatic heterocycles. The first-order valence-corrected chi connectivity index (χ1v) is 7.53. The molecule has 24 heavy (non-hydrogen) atoms. The lowest BCUT2D eigenvalue weighted by Gasteiger charge is -1.96. The van der Waals surface area contributed by atoms with E-state index in [1.54, 1.807) is 13.0 Å². The van der Waals surface area contributed by atoms with E-state index < -0.39 is 0 Å². The van der Waals surface area contributed by atoms with Crippen LogP contribution in [0.25, 0.3) is 0 Å². The third kappa shape index (κ3) is 6.93. The Balaban J connectivity index is 0.000000272. The maximum absolute atomic E-state index is 10.6. The summed E-state index contributed by atoms with van der Waals surface area (Å²) in [6.45, 7) is 2.60. The van der Waals surface area contributed by atoms with Crippen molar-refractivity contribution in [3.8, 4) is 0 Å². The van der Waals surface area contributed by atoms with Crippen LogP contribution < -0.4 is 5.32 Å². The molecule has 0 spiro atoms. The molecule has 0 saturated heterocycles. The minimum atomic E-state index is -0.0543. The number of carbonyl (C=O) groups is 1. The van der Waals surface area contributed by atoms with E-state index in [-0.39, 0.29) is 11.3 Å². The molecular weight excluding hydrogens is 306 g/mol. The number of rotatable bonds is 6. The van der Waals surface area contributed by atoms with Gasteiger partial charge in [-0.1, -0.05) is 36.4 Å². The summed E-state index contributed by atoms with van der Waals surface area (Å²) in [7, 11) is 1.95. The Bertz CT molecular complexity index is 676. The van der Waals surface area contributed by atoms with Crippen LogP contribution in [0.15, 0.2) is 66.2 Å². The van der Waals surface area contributed by atoms with E-state index in [1.807, 2.05) is 25.2 Å². The van der Waals surface area contributed by atoms with Crippen molar-refractivity contribution in [2.24, 2.45) is 0 Å². The quantitative estimate of drug-likeness (QED) is 0.249. The lowest BCUT2D eigenvalue weighted by atomic mass is 10.1. The van der Waals surface area contributed by atoms with Gasteiger partial charge in [-0.3, -0.25) is 4.79 Å². The summed E-state index contributed by atoms with van der Waals surface area (Å²) in [6.07, 6.45) is 6.91. The molecule has 0 radical (unpaired) electrons. The van der Waals surface area contributed by atoms with Crippen LogP contribution in [-0.2, 0) is 17.8 Å². The molecule has 0 aliphatic carbocycles. The number of hydrogen-bond acceptors (Lipinski definition) is 5. The molecule has 0 bridgehead atoms. The molecule has 2 aromatic rings. The number of aromatic nitrogens is 2. The lowest BCUT2D eigenvalue weighted by Crippen LogP contribution is -2.04. The Morgan fingerprint density at radius 1 is 1.29 bits per heavy atom. The smallest absolute Gasteiger partial charge is 0.153 e. The second-order valence-corrected chi connectivity index (χ2v) is 4.94. The van der Waals surface area contributed by atoms with Crippen molar-refractivity contribution in [2.45, 2.75) is 19.9 Å². The predicted molar refractivity (Wildman–Crippen MR) is 92.9 cm³/mol. The second kappa shape index (κ2) is 10.8. The van der Waals surface area contributed by atoms with Crippen molar-refractivity contribution in [3.63, 3.8) is 0 Å². The van der Waals surface area contributed by atoms with Crippen molar-refractivity contribution in [2.75, 3.05) is 7.05 Å². The zero-order valence-electron chi connectivity index (χ0n) is 13.9. The highest BCUT2D eigenvalue weighted by atomic mass is 16.5. The van der Waals surface area contributed by atoms with Crippen LogP contribution in [0.4, 0.5) is 0 Å². The van der Waals surface area contributed by atoms with Gasteiger partial charge in [0.15, 0.2) is 6.29 Å². The molecule has 0 amide bonds. The first-order chi connectivity index (χ1) is 11.6. The van der Waals surface area contributed by atoms with Gasteiger partial charge in [0.1, 0.15) is 5.76 Å². The SMILES string of the molecule is C/C=C(O)\C(C=O)=C/Cc1cnn(O)c1.CNCc1ccccc1. The normalized spacial score (nSPS) is 11.6. The highest BCUT2D eigenvalue weighted by molar-refractivity contribution is 5.78. The molecule has 0 aliphatic rings. The van der Waals surface area contributed by atoms with Gasteiger partial charge in [-0.05, 0) is 37.6 Å². The van der Waals surface area contributed by atoms with Crippen LogP contribution in [-0.4, -0.2) is 33.6 Å². The summed E-state index contributed by atoms with van der Waals surface area (Å²) in [4.78, 5) is 11.3. The third-order valence-corrected chi connectivity index (χ3v) is 3.10. The molecule has 6 heteroatoms. The van der Waals surface area contributed by atoms with Crippen LogP contribution >= 0.6 is 0 Å². The average Bonchev–Trinajstić information content (AvgIpc) is 3.02. The first-order valence-electron chi connectivity index (χ1n) is 7.53. The molecule has 6 nitrogen and oxygen atoms in total. The number of hydrogen-bond donors (Lipinski definition) is 3. The van der Waals surface area contributed by atoms with E-state index in [4.69, 9.17) is 5.21 Å². The van der Waals surface area contributed by atoms with Crippen LogP contribution in [0, 0.1) is 0 Å². The number of aliphatic hydroxyl groups is 1. The summed E-state index contributed by atoms with van der Waals surface area (Å²) in [5.41, 5.74) is 2.31. The Kier molecular flexibility index (Phi) is 8.63. The number of nitrogens with one attached hydrogen (secondary N) is 1. The number of aliphatic hydroxyl groups excluding tert-OH is 1. The average molecular weight is 329 g/mol. The molecule has 1 heterocycles. The fourth-order valence-electron chi connectivity index (χ4n) is 1.86. The van der Waals surface area contributed by atoms with E-state index in [0.717, 1.165) is 12.1 Å². The van der Waals surface area contributed by atoms with Gasteiger partial charge in [-0.2, -0.15) is 0 Å². The van der Waals surface area contributed by atoms with E-state index >= 15 is 0 Å². The van der Waals surface area contributed by atoms with Gasteiger partial charge in [0.25, 0.3) is 0 Å². The summed E-state index contributed by atoms with van der Waals surface area (Å²) in [5, 5.41) is 24.8. The molecule has 3 N–H and O–H groups in total. The molecule has 0 fully saturated rings. The minimum Gasteiger partial charge on any atom is -0.508 e. The highest BCUT2D eigenvalue weighted by Gasteiger charge is 2.01. The Hall–Kier alpha value is -2.86. The summed E-state index contributed by atoms with van der Waals surface area (Å²) >= 11 is 0. The molecular formula is C18H23N3O3. The molecule has 1 aromatic carbocycles. The van der Waals surface area contributed by atoms with E-state index in [1.165, 1.54) is 24.0 Å². The van der Waals surface area contributed by atoms with Gasteiger partial charge in [0.05, 0.1) is 18.0 Å². The number of carbonyl (C=O) groups excluding carboxylic acids is 1. The standard InChI is InChI=1S/C10H12N2O3.C8H11N/c1-2-10(14)9(7-13)4-3-8-5-11-12(15)6-8;1-9-7-8-5-3-2-4-6-8/h2,4-7,14-15H,3H2,1H3;2-6,9H,7H2,1H3/b9-4-,10-2+;. The molecule has 0 saturated carbocycles. The van der Waals surface area contributed by atoms with Crippen molar-refractivity contribution in [1.82, 2.24) is 15.3 Å². The van der Waals surface area contributed by atoms with Gasteiger partial charge in [0, 0.05) is 6.54 Å². The zero-order valence-corrected chi connectivity index (χ0v) is 13.9. The van der Waals surface area contributed by atoms with Gasteiger partial charge >= 0.3 is 0 Å². The van der Waals surface area contributed by atoms with Crippen molar-refractivity contribution >= 4 is 6.29 Å². The van der Waals surface area contributed by atoms with Crippen LogP contribution in [0.3, 0.4) is 0 Å². The third-order valence-electron chi connectivity index (χ3n) is 3.10. The maximum Gasteiger partial charge on any atom is 0.153 e. The van der Waals surface area contributed by atoms with Crippen LogP contribution in [0.1, 0.15) is 18.1 Å². The lowest BCUT2D eigenvalue weighted by molar-refractivity contribution is -0.104. The maximum atomic E-state index is 10.6. The minimum absolute atomic E-state index is 0.0543. The van der Waals surface area contributed by atoms with Crippen LogP contribution in [0.2, 0.25) is 0 Å². The number of nitrogens with zero attached hydrogens (tertiary/aromatic N) is 2. The topological polar surface area (TPSA) is 87.4 Å². The number of aldehydes is 1. The van der Waals surface area contributed by atoms with Gasteiger partial charge in [-0.25, -0.2) is 0 Å². The van der Waals surface area contributed by atoms with E-state index in [9.17, 15) is 9.90 Å². The number of benzene rings is 1. The summed E-state index contributed by atoms with van der Waals surface area (Å²) < 4.78 is 0. The van der Waals surface area contributed by atoms with Crippen molar-refractivity contribution in [1.29, 1.82) is 0 Å². The molecule has 0 aliphatic heterocycles. The van der Waals surface area contributed by atoms with E-state index in [0.29, 0.717) is 17.6 Å². The Morgan fingerprint density at radius 2 is 2.00 bits per heavy atom. The second-order valence-electron chi connectivity index (χ2n) is 4.94. The van der Waals surface area contributed by atoms with Crippen LogP contribution in [0.5, 0.6) is 0 Å². The Morgan fingerprint density at radius 3 is 2.50 bits per heavy atom. The van der Waals surface area contributed by atoms with Gasteiger partial charge < -0.3 is 15.6 Å². The van der Waals surface area contributed by atoms with Gasteiger partial charge in [-0.15, -0.1) is 9.94 Å². The molecule has 128 valence electrons.